The number of hydrogen-bond donors (Lipinski definition) is 1. The third-order valence-corrected chi connectivity index (χ3v) is 5.51. The van der Waals surface area contributed by atoms with E-state index in [0.717, 1.165) is 6.07 Å². The monoisotopic (exact) mass is 336 g/mol. The molecule has 100 valence electrons. The molecule has 1 aromatic rings. The molecule has 0 radical (unpaired) electrons. The highest BCUT2D eigenvalue weighted by Gasteiger charge is 2.36. The predicted octanol–water partition coefficient (Wildman–Crippen LogP) is 1.56. The van der Waals surface area contributed by atoms with Gasteiger partial charge in [-0.3, -0.25) is 0 Å². The first kappa shape index (κ1) is 13.9. The van der Waals surface area contributed by atoms with Crippen LogP contribution < -0.4 is 5.73 Å². The molecule has 0 bridgehead atoms. The van der Waals surface area contributed by atoms with Gasteiger partial charge >= 0.3 is 0 Å². The predicted molar refractivity (Wildman–Crippen MR) is 70.0 cm³/mol. The molecule has 0 spiro atoms. The first-order valence-corrected chi connectivity index (χ1v) is 7.76. The Bertz CT molecular complexity index is 554. The van der Waals surface area contributed by atoms with Crippen LogP contribution in [0, 0.1) is 11.7 Å². The number of hydrogen-bond acceptors (Lipinski definition) is 3. The third kappa shape index (κ3) is 2.45. The SMILES string of the molecule is CC1CN(S(=O)(=O)c2ccc(Br)cc2F)CC1N. The van der Waals surface area contributed by atoms with Crippen molar-refractivity contribution >= 4 is 26.0 Å². The highest BCUT2D eigenvalue weighted by Crippen LogP contribution is 2.26. The molecule has 2 unspecified atom stereocenters. The summed E-state index contributed by atoms with van der Waals surface area (Å²) in [5.74, 6) is -0.671. The maximum absolute atomic E-state index is 13.7. The van der Waals surface area contributed by atoms with Crippen LogP contribution in [0.3, 0.4) is 0 Å². The Balaban J connectivity index is 2.37. The number of benzene rings is 1. The van der Waals surface area contributed by atoms with E-state index in [1.165, 1.54) is 16.4 Å². The molecule has 7 heteroatoms. The van der Waals surface area contributed by atoms with Crippen LogP contribution in [0.1, 0.15) is 6.92 Å². The molecular weight excluding hydrogens is 323 g/mol. The minimum atomic E-state index is -3.79. The molecule has 0 aliphatic carbocycles. The summed E-state index contributed by atoms with van der Waals surface area (Å²) in [6, 6.07) is 3.73. The maximum Gasteiger partial charge on any atom is 0.246 e. The molecule has 1 saturated heterocycles. The van der Waals surface area contributed by atoms with E-state index in [0.29, 0.717) is 11.0 Å². The van der Waals surface area contributed by atoms with Gasteiger partial charge in [0.2, 0.25) is 10.0 Å². The zero-order valence-electron chi connectivity index (χ0n) is 9.81. The van der Waals surface area contributed by atoms with Crippen LogP contribution in [-0.4, -0.2) is 31.9 Å². The number of nitrogens with zero attached hydrogens (tertiary/aromatic N) is 1. The molecule has 1 aromatic carbocycles. The first-order valence-electron chi connectivity index (χ1n) is 5.53. The van der Waals surface area contributed by atoms with Crippen LogP contribution in [0.25, 0.3) is 0 Å². The lowest BCUT2D eigenvalue weighted by Gasteiger charge is -2.16. The minimum absolute atomic E-state index is 0.0817. The van der Waals surface area contributed by atoms with Crippen LogP contribution in [0.4, 0.5) is 4.39 Å². The highest BCUT2D eigenvalue weighted by molar-refractivity contribution is 9.10. The quantitative estimate of drug-likeness (QED) is 0.891. The summed E-state index contributed by atoms with van der Waals surface area (Å²) >= 11 is 3.10. The zero-order chi connectivity index (χ0) is 13.5. The highest BCUT2D eigenvalue weighted by atomic mass is 79.9. The van der Waals surface area contributed by atoms with Gasteiger partial charge in [-0.15, -0.1) is 0 Å². The van der Waals surface area contributed by atoms with Crippen molar-refractivity contribution in [2.45, 2.75) is 17.9 Å². The number of nitrogens with two attached hydrogens (primary N) is 1. The van der Waals surface area contributed by atoms with E-state index in [2.05, 4.69) is 15.9 Å². The second-order valence-corrected chi connectivity index (χ2v) is 7.36. The second kappa shape index (κ2) is 4.88. The van der Waals surface area contributed by atoms with Gasteiger partial charge in [0.15, 0.2) is 0 Å². The molecule has 1 aliphatic heterocycles. The van der Waals surface area contributed by atoms with E-state index >= 15 is 0 Å². The summed E-state index contributed by atoms with van der Waals surface area (Å²) in [6.45, 7) is 2.45. The largest absolute Gasteiger partial charge is 0.326 e. The minimum Gasteiger partial charge on any atom is -0.326 e. The average Bonchev–Trinajstić information content (AvgIpc) is 2.59. The lowest BCUT2D eigenvalue weighted by atomic mass is 10.1. The lowest BCUT2D eigenvalue weighted by molar-refractivity contribution is 0.457. The van der Waals surface area contributed by atoms with Gasteiger partial charge in [0.25, 0.3) is 0 Å². The number of sulfonamides is 1. The van der Waals surface area contributed by atoms with Crippen molar-refractivity contribution in [3.63, 3.8) is 0 Å². The van der Waals surface area contributed by atoms with Gasteiger partial charge in [0, 0.05) is 23.6 Å². The van der Waals surface area contributed by atoms with Crippen LogP contribution in [-0.2, 0) is 10.0 Å². The zero-order valence-corrected chi connectivity index (χ0v) is 12.2. The molecule has 1 aliphatic rings. The first-order chi connectivity index (χ1) is 8.32. The molecule has 4 nitrogen and oxygen atoms in total. The average molecular weight is 337 g/mol. The van der Waals surface area contributed by atoms with Gasteiger partial charge in [0.05, 0.1) is 0 Å². The van der Waals surface area contributed by atoms with Crippen molar-refractivity contribution in [1.29, 1.82) is 0 Å². The Labute approximate surface area is 114 Å². The van der Waals surface area contributed by atoms with E-state index in [1.807, 2.05) is 6.92 Å². The summed E-state index contributed by atoms with van der Waals surface area (Å²) in [6.07, 6.45) is 0. The van der Waals surface area contributed by atoms with Gasteiger partial charge in [0.1, 0.15) is 10.7 Å². The molecule has 1 fully saturated rings. The normalized spacial score (nSPS) is 25.6. The van der Waals surface area contributed by atoms with E-state index < -0.39 is 15.8 Å². The van der Waals surface area contributed by atoms with Crippen molar-refractivity contribution in [3.05, 3.63) is 28.5 Å². The Morgan fingerprint density at radius 2 is 2.11 bits per heavy atom. The standard InChI is InChI=1S/C11H14BrFN2O2S/c1-7-5-15(6-10(7)14)18(16,17)11-3-2-8(12)4-9(11)13/h2-4,7,10H,5-6,14H2,1H3. The molecule has 1 heterocycles. The number of halogens is 2. The van der Waals surface area contributed by atoms with Crippen molar-refractivity contribution in [3.8, 4) is 0 Å². The lowest BCUT2D eigenvalue weighted by Crippen LogP contribution is -2.32. The fourth-order valence-corrected chi connectivity index (χ4v) is 3.92. The Morgan fingerprint density at radius 3 is 2.61 bits per heavy atom. The van der Waals surface area contributed by atoms with E-state index in [1.54, 1.807) is 0 Å². The molecule has 18 heavy (non-hydrogen) atoms. The second-order valence-electron chi connectivity index (χ2n) is 4.54. The topological polar surface area (TPSA) is 63.4 Å². The van der Waals surface area contributed by atoms with Crippen molar-refractivity contribution in [1.82, 2.24) is 4.31 Å². The molecule has 2 N–H and O–H groups in total. The van der Waals surface area contributed by atoms with Gasteiger partial charge in [-0.05, 0) is 24.1 Å². The Morgan fingerprint density at radius 1 is 1.44 bits per heavy atom. The van der Waals surface area contributed by atoms with E-state index in [4.69, 9.17) is 5.73 Å². The Hall–Kier alpha value is -0.500. The maximum atomic E-state index is 13.7. The summed E-state index contributed by atoms with van der Waals surface area (Å²) in [5, 5.41) is 0. The summed E-state index contributed by atoms with van der Waals surface area (Å²) < 4.78 is 40.0. The van der Waals surface area contributed by atoms with Crippen molar-refractivity contribution in [2.75, 3.05) is 13.1 Å². The van der Waals surface area contributed by atoms with Gasteiger partial charge < -0.3 is 5.73 Å². The van der Waals surface area contributed by atoms with Gasteiger partial charge in [-0.1, -0.05) is 22.9 Å². The van der Waals surface area contributed by atoms with Crippen molar-refractivity contribution < 1.29 is 12.8 Å². The summed E-state index contributed by atoms with van der Waals surface area (Å²) in [5.41, 5.74) is 5.80. The van der Waals surface area contributed by atoms with E-state index in [9.17, 15) is 12.8 Å². The van der Waals surface area contributed by atoms with Gasteiger partial charge in [-0.25, -0.2) is 12.8 Å². The Kier molecular flexibility index (Phi) is 3.77. The fraction of sp³-hybridized carbons (Fsp3) is 0.455. The third-order valence-electron chi connectivity index (χ3n) is 3.15. The van der Waals surface area contributed by atoms with Crippen LogP contribution >= 0.6 is 15.9 Å². The van der Waals surface area contributed by atoms with Gasteiger partial charge in [-0.2, -0.15) is 4.31 Å². The van der Waals surface area contributed by atoms with Crippen LogP contribution in [0.15, 0.2) is 27.6 Å². The van der Waals surface area contributed by atoms with Crippen LogP contribution in [0.5, 0.6) is 0 Å². The molecular formula is C11H14BrFN2O2S. The van der Waals surface area contributed by atoms with E-state index in [-0.39, 0.29) is 23.4 Å². The van der Waals surface area contributed by atoms with Crippen LogP contribution in [0.2, 0.25) is 0 Å². The smallest absolute Gasteiger partial charge is 0.246 e. The molecule has 2 rings (SSSR count). The fourth-order valence-electron chi connectivity index (χ4n) is 1.97. The molecule has 2 atom stereocenters. The molecule has 0 amide bonds. The van der Waals surface area contributed by atoms with Crippen molar-refractivity contribution in [2.24, 2.45) is 11.7 Å². The summed E-state index contributed by atoms with van der Waals surface area (Å²) in [7, 11) is -3.79. The molecule has 0 saturated carbocycles. The molecule has 0 aromatic heterocycles. The number of rotatable bonds is 2. The summed E-state index contributed by atoms with van der Waals surface area (Å²) in [4.78, 5) is -0.299.